The molecule has 1 amide bonds. The number of benzene rings is 1. The van der Waals surface area contributed by atoms with E-state index in [2.05, 4.69) is 10.2 Å². The predicted octanol–water partition coefficient (Wildman–Crippen LogP) is 2.26. The summed E-state index contributed by atoms with van der Waals surface area (Å²) in [5, 5.41) is 3.40. The van der Waals surface area contributed by atoms with Gasteiger partial charge in [-0.05, 0) is 50.4 Å². The van der Waals surface area contributed by atoms with Gasteiger partial charge < -0.3 is 19.9 Å². The lowest BCUT2D eigenvalue weighted by Crippen LogP contribution is -2.49. The fraction of sp³-hybridized carbons (Fsp3) is 0.632. The van der Waals surface area contributed by atoms with Crippen LogP contribution in [0.2, 0.25) is 0 Å². The topological polar surface area (TPSA) is 44.8 Å². The Labute approximate surface area is 149 Å². The van der Waals surface area contributed by atoms with Gasteiger partial charge in [-0.15, -0.1) is 0 Å². The van der Waals surface area contributed by atoms with Crippen LogP contribution in [-0.2, 0) is 4.79 Å². The molecule has 0 aromatic heterocycles. The van der Waals surface area contributed by atoms with Crippen LogP contribution in [0.3, 0.4) is 0 Å². The van der Waals surface area contributed by atoms with Crippen molar-refractivity contribution in [3.63, 3.8) is 0 Å². The second-order valence-corrected chi connectivity index (χ2v) is 6.94. The Kier molecular flexibility index (Phi) is 6.13. The molecule has 5 nitrogen and oxygen atoms in total. The van der Waals surface area contributed by atoms with Crippen molar-refractivity contribution in [2.24, 2.45) is 5.92 Å². The summed E-state index contributed by atoms with van der Waals surface area (Å²) in [4.78, 5) is 16.7. The lowest BCUT2D eigenvalue weighted by atomic mass is 9.96. The predicted molar refractivity (Wildman–Crippen MR) is 96.6 cm³/mol. The van der Waals surface area contributed by atoms with Crippen LogP contribution < -0.4 is 15.0 Å². The van der Waals surface area contributed by atoms with Crippen LogP contribution in [0.1, 0.15) is 25.7 Å². The summed E-state index contributed by atoms with van der Waals surface area (Å²) < 4.78 is 18.8. The van der Waals surface area contributed by atoms with Gasteiger partial charge >= 0.3 is 0 Å². The molecule has 0 spiro atoms. The van der Waals surface area contributed by atoms with E-state index in [1.807, 2.05) is 11.0 Å². The maximum absolute atomic E-state index is 13.9. The summed E-state index contributed by atoms with van der Waals surface area (Å²) in [6, 6.07) is 5.04. The van der Waals surface area contributed by atoms with Crippen LogP contribution in [0.4, 0.5) is 10.1 Å². The van der Waals surface area contributed by atoms with Crippen molar-refractivity contribution < 1.29 is 13.9 Å². The van der Waals surface area contributed by atoms with E-state index >= 15 is 0 Å². The quantitative estimate of drug-likeness (QED) is 0.906. The third kappa shape index (κ3) is 4.63. The number of halogens is 1. The van der Waals surface area contributed by atoms with Crippen LogP contribution in [0, 0.1) is 11.7 Å². The number of hydrogen-bond donors (Lipinski definition) is 1. The van der Waals surface area contributed by atoms with Gasteiger partial charge in [0.2, 0.25) is 5.91 Å². The number of rotatable bonds is 4. The van der Waals surface area contributed by atoms with Crippen LogP contribution >= 0.6 is 0 Å². The van der Waals surface area contributed by atoms with Gasteiger partial charge in [0.15, 0.2) is 11.6 Å². The van der Waals surface area contributed by atoms with Crippen molar-refractivity contribution in [1.29, 1.82) is 0 Å². The van der Waals surface area contributed by atoms with Crippen molar-refractivity contribution in [2.45, 2.75) is 25.7 Å². The summed E-state index contributed by atoms with van der Waals surface area (Å²) in [6.07, 6.45) is 4.06. The second-order valence-electron chi connectivity index (χ2n) is 6.94. The molecule has 138 valence electrons. The Hall–Kier alpha value is -1.82. The third-order valence-electron chi connectivity index (χ3n) is 5.29. The summed E-state index contributed by atoms with van der Waals surface area (Å²) >= 11 is 0. The van der Waals surface area contributed by atoms with E-state index in [1.54, 1.807) is 6.07 Å². The smallest absolute Gasteiger partial charge is 0.222 e. The Morgan fingerprint density at radius 1 is 1.24 bits per heavy atom. The number of anilines is 1. The Balaban J connectivity index is 1.51. The Morgan fingerprint density at radius 2 is 2.04 bits per heavy atom. The number of methoxy groups -OCH3 is 1. The molecular weight excluding hydrogens is 321 g/mol. The van der Waals surface area contributed by atoms with E-state index in [0.717, 1.165) is 51.1 Å². The molecule has 25 heavy (non-hydrogen) atoms. The number of nitrogens with zero attached hydrogens (tertiary/aromatic N) is 2. The molecule has 1 atom stereocenters. The zero-order valence-electron chi connectivity index (χ0n) is 15.0. The molecule has 1 aromatic rings. The molecule has 1 N–H and O–H groups in total. The number of hydrogen-bond acceptors (Lipinski definition) is 4. The van der Waals surface area contributed by atoms with E-state index in [0.29, 0.717) is 25.4 Å². The first-order valence-electron chi connectivity index (χ1n) is 9.24. The molecule has 6 heteroatoms. The van der Waals surface area contributed by atoms with Crippen molar-refractivity contribution in [3.8, 4) is 5.75 Å². The number of carbonyl (C=O) groups is 1. The van der Waals surface area contributed by atoms with Gasteiger partial charge in [-0.25, -0.2) is 4.39 Å². The molecule has 0 aliphatic carbocycles. The largest absolute Gasteiger partial charge is 0.494 e. The van der Waals surface area contributed by atoms with Gasteiger partial charge in [0.25, 0.3) is 0 Å². The highest BCUT2D eigenvalue weighted by Crippen LogP contribution is 2.25. The number of amides is 1. The number of carbonyl (C=O) groups excluding carboxylic acids is 1. The summed E-state index contributed by atoms with van der Waals surface area (Å²) in [7, 11) is 1.47. The van der Waals surface area contributed by atoms with Crippen LogP contribution in [0.15, 0.2) is 18.2 Å². The van der Waals surface area contributed by atoms with Crippen molar-refractivity contribution in [1.82, 2.24) is 10.2 Å². The molecule has 1 unspecified atom stereocenters. The van der Waals surface area contributed by atoms with E-state index in [4.69, 9.17) is 4.74 Å². The summed E-state index contributed by atoms with van der Waals surface area (Å²) in [6.45, 7) is 4.99. The van der Waals surface area contributed by atoms with Gasteiger partial charge in [-0.2, -0.15) is 0 Å². The fourth-order valence-electron chi connectivity index (χ4n) is 3.74. The van der Waals surface area contributed by atoms with Gasteiger partial charge in [0.1, 0.15) is 0 Å². The zero-order chi connectivity index (χ0) is 17.6. The lowest BCUT2D eigenvalue weighted by molar-refractivity contribution is -0.132. The van der Waals surface area contributed by atoms with E-state index in [1.165, 1.54) is 13.2 Å². The SMILES string of the molecule is COc1ccc(N2CCN(C(=O)CC3CCCNCC3)CC2)cc1F. The van der Waals surface area contributed by atoms with Crippen molar-refractivity contribution >= 4 is 11.6 Å². The molecule has 2 heterocycles. The molecule has 0 bridgehead atoms. The minimum absolute atomic E-state index is 0.260. The Bertz CT molecular complexity index is 580. The standard InChI is InChI=1S/C19H28FN3O2/c1-25-18-5-4-16(14-17(18)20)22-9-11-23(12-10-22)19(24)13-15-3-2-7-21-8-6-15/h4-5,14-15,21H,2-3,6-13H2,1H3. The number of piperazine rings is 1. The molecular formula is C19H28FN3O2. The summed E-state index contributed by atoms with van der Waals surface area (Å²) in [5.74, 6) is 0.694. The van der Waals surface area contributed by atoms with Gasteiger partial charge in [-0.1, -0.05) is 0 Å². The fourth-order valence-corrected chi connectivity index (χ4v) is 3.74. The lowest BCUT2D eigenvalue weighted by Gasteiger charge is -2.36. The maximum atomic E-state index is 13.9. The van der Waals surface area contributed by atoms with Crippen molar-refractivity contribution in [2.75, 3.05) is 51.3 Å². The first-order chi connectivity index (χ1) is 12.2. The summed E-state index contributed by atoms with van der Waals surface area (Å²) in [5.41, 5.74) is 0.847. The second kappa shape index (κ2) is 8.52. The van der Waals surface area contributed by atoms with Gasteiger partial charge in [-0.3, -0.25) is 4.79 Å². The first-order valence-corrected chi connectivity index (χ1v) is 9.24. The van der Waals surface area contributed by atoms with E-state index in [-0.39, 0.29) is 17.5 Å². The van der Waals surface area contributed by atoms with Crippen LogP contribution in [0.5, 0.6) is 5.75 Å². The van der Waals surface area contributed by atoms with Crippen molar-refractivity contribution in [3.05, 3.63) is 24.0 Å². The normalized spacial score (nSPS) is 21.8. The molecule has 2 aliphatic heterocycles. The first kappa shape index (κ1) is 18.0. The number of nitrogens with one attached hydrogen (secondary N) is 1. The zero-order valence-corrected chi connectivity index (χ0v) is 15.0. The highest BCUT2D eigenvalue weighted by atomic mass is 19.1. The third-order valence-corrected chi connectivity index (χ3v) is 5.29. The van der Waals surface area contributed by atoms with Gasteiger partial charge in [0, 0.05) is 44.4 Å². The molecule has 1 aromatic carbocycles. The highest BCUT2D eigenvalue weighted by molar-refractivity contribution is 5.76. The van der Waals surface area contributed by atoms with E-state index in [9.17, 15) is 9.18 Å². The Morgan fingerprint density at radius 3 is 2.76 bits per heavy atom. The minimum Gasteiger partial charge on any atom is -0.494 e. The molecule has 3 rings (SSSR count). The number of ether oxygens (including phenoxy) is 1. The van der Waals surface area contributed by atoms with Crippen LogP contribution in [-0.4, -0.2) is 57.2 Å². The molecule has 2 fully saturated rings. The average molecular weight is 349 g/mol. The minimum atomic E-state index is -0.347. The van der Waals surface area contributed by atoms with Crippen LogP contribution in [0.25, 0.3) is 0 Å². The highest BCUT2D eigenvalue weighted by Gasteiger charge is 2.24. The molecule has 2 saturated heterocycles. The maximum Gasteiger partial charge on any atom is 0.222 e. The molecule has 0 radical (unpaired) electrons. The average Bonchev–Trinajstić information content (AvgIpc) is 2.90. The van der Waals surface area contributed by atoms with Gasteiger partial charge in [0.05, 0.1) is 7.11 Å². The molecule has 0 saturated carbocycles. The molecule has 2 aliphatic rings. The van der Waals surface area contributed by atoms with E-state index < -0.39 is 0 Å². The monoisotopic (exact) mass is 349 g/mol.